The lowest BCUT2D eigenvalue weighted by Gasteiger charge is -2.40. The van der Waals surface area contributed by atoms with Gasteiger partial charge in [-0.25, -0.2) is 4.98 Å². The zero-order valence-corrected chi connectivity index (χ0v) is 29.0. The zero-order valence-electron chi connectivity index (χ0n) is 27.4. The number of carbonyl (C=O) groups is 1. The third-order valence-corrected chi connectivity index (χ3v) is 12.3. The number of halogens is 2. The summed E-state index contributed by atoms with van der Waals surface area (Å²) >= 11 is 6.01. The maximum atomic E-state index is 12.3. The van der Waals surface area contributed by atoms with Gasteiger partial charge in [0, 0.05) is 54.3 Å². The molecule has 47 heavy (non-hydrogen) atoms. The Balaban J connectivity index is 0.00000386. The average molecular weight is 683 g/mol. The average Bonchev–Trinajstić information content (AvgIpc) is 3.35. The van der Waals surface area contributed by atoms with E-state index in [-0.39, 0.29) is 29.3 Å². The van der Waals surface area contributed by atoms with Gasteiger partial charge in [-0.3, -0.25) is 9.69 Å². The van der Waals surface area contributed by atoms with Crippen molar-refractivity contribution < 1.29 is 19.4 Å². The first-order valence-electron chi connectivity index (χ1n) is 16.5. The fraction of sp³-hybridized carbons (Fsp3) is 0.528. The van der Waals surface area contributed by atoms with Crippen LogP contribution < -0.4 is 15.4 Å². The molecule has 0 spiro atoms. The van der Waals surface area contributed by atoms with Crippen LogP contribution in [0, 0.1) is 16.2 Å². The molecule has 252 valence electrons. The second-order valence-corrected chi connectivity index (χ2v) is 14.7. The van der Waals surface area contributed by atoms with E-state index in [1.165, 1.54) is 5.56 Å². The van der Waals surface area contributed by atoms with Crippen molar-refractivity contribution in [3.8, 4) is 17.0 Å². The number of hydrogen-bond donors (Lipinski definition) is 2. The molecule has 2 heterocycles. The smallest absolute Gasteiger partial charge is 0.310 e. The van der Waals surface area contributed by atoms with Gasteiger partial charge in [0.25, 0.3) is 0 Å². The monoisotopic (exact) mass is 681 g/mol. The van der Waals surface area contributed by atoms with Crippen molar-refractivity contribution in [2.75, 3.05) is 50.0 Å². The fourth-order valence-electron chi connectivity index (χ4n) is 8.63. The highest BCUT2D eigenvalue weighted by atomic mass is 35.5. The van der Waals surface area contributed by atoms with Crippen LogP contribution in [0.4, 0.5) is 11.8 Å². The molecule has 2 aromatic carbocycles. The molecule has 11 heteroatoms. The van der Waals surface area contributed by atoms with Gasteiger partial charge < -0.3 is 25.2 Å². The maximum Gasteiger partial charge on any atom is 0.310 e. The van der Waals surface area contributed by atoms with Crippen molar-refractivity contribution >= 4 is 41.7 Å². The van der Waals surface area contributed by atoms with Crippen LogP contribution in [0.5, 0.6) is 5.75 Å². The molecule has 3 unspecified atom stereocenters. The standard InChI is InChI=1S/C36H44ClN5O4.ClH/c1-34(2)35(3)12-13-36(34,32(43)44)21-29(35)45-19-18-41-14-16-42(17-15-41)31-28-10-6-24-20-26(46-22-23-4-7-25(37)8-5-23)9-11-27(24)30(28)39-33(38)40-31;/h4-5,7-9,11,20,29H,6,10,12-19,21-22H2,1-3H3,(H,43,44)(H2,38,39,40);1H. The molecule has 0 radical (unpaired) electrons. The van der Waals surface area contributed by atoms with Gasteiger partial charge in [0.2, 0.25) is 5.95 Å². The number of fused-ring (bicyclic) bond motifs is 5. The number of aryl methyl sites for hydroxylation is 1. The first-order valence-corrected chi connectivity index (χ1v) is 16.9. The molecule has 3 aliphatic carbocycles. The molecule has 3 aromatic rings. The molecule has 7 rings (SSSR count). The van der Waals surface area contributed by atoms with Crippen molar-refractivity contribution in [3.05, 3.63) is 64.2 Å². The Morgan fingerprint density at radius 2 is 1.79 bits per heavy atom. The van der Waals surface area contributed by atoms with E-state index in [0.717, 1.165) is 92.4 Å². The number of aromatic nitrogens is 2. The molecule has 1 saturated heterocycles. The summed E-state index contributed by atoms with van der Waals surface area (Å²) < 4.78 is 12.6. The molecule has 3 fully saturated rings. The summed E-state index contributed by atoms with van der Waals surface area (Å²) in [7, 11) is 0. The van der Waals surface area contributed by atoms with Gasteiger partial charge >= 0.3 is 5.97 Å². The maximum absolute atomic E-state index is 12.3. The molecule has 0 amide bonds. The molecule has 1 aliphatic heterocycles. The number of rotatable bonds is 9. The lowest BCUT2D eigenvalue weighted by molar-refractivity contribution is -0.154. The van der Waals surface area contributed by atoms with Crippen LogP contribution >= 0.6 is 24.0 Å². The van der Waals surface area contributed by atoms with E-state index in [1.54, 1.807) is 0 Å². The van der Waals surface area contributed by atoms with Crippen molar-refractivity contribution in [1.29, 1.82) is 0 Å². The highest BCUT2D eigenvalue weighted by Gasteiger charge is 2.73. The van der Waals surface area contributed by atoms with Crippen LogP contribution in [0.2, 0.25) is 5.02 Å². The second kappa shape index (κ2) is 12.7. The Labute approximate surface area is 288 Å². The highest BCUT2D eigenvalue weighted by molar-refractivity contribution is 6.30. The molecule has 1 aromatic heterocycles. The predicted octanol–water partition coefficient (Wildman–Crippen LogP) is 6.29. The summed E-state index contributed by atoms with van der Waals surface area (Å²) in [6.45, 7) is 11.9. The number of carboxylic acid groups (broad SMARTS) is 1. The molecule has 2 bridgehead atoms. The first-order chi connectivity index (χ1) is 22.0. The summed E-state index contributed by atoms with van der Waals surface area (Å²) in [5.74, 6) is 1.41. The summed E-state index contributed by atoms with van der Waals surface area (Å²) in [6.07, 6.45) is 3.99. The summed E-state index contributed by atoms with van der Waals surface area (Å²) in [6, 6.07) is 13.9. The Hall–Kier alpha value is -3.11. The quantitative estimate of drug-likeness (QED) is 0.269. The van der Waals surface area contributed by atoms with E-state index in [0.29, 0.717) is 30.6 Å². The number of nitrogens with zero attached hydrogens (tertiary/aromatic N) is 4. The molecule has 4 aliphatic rings. The number of ether oxygens (including phenoxy) is 2. The van der Waals surface area contributed by atoms with Crippen molar-refractivity contribution in [2.24, 2.45) is 16.2 Å². The van der Waals surface area contributed by atoms with E-state index in [9.17, 15) is 9.90 Å². The van der Waals surface area contributed by atoms with Crippen LogP contribution in [0.25, 0.3) is 11.3 Å². The lowest BCUT2D eigenvalue weighted by atomic mass is 9.65. The van der Waals surface area contributed by atoms with E-state index in [2.05, 4.69) is 42.7 Å². The Bertz CT molecular complexity index is 1650. The van der Waals surface area contributed by atoms with Crippen molar-refractivity contribution in [1.82, 2.24) is 14.9 Å². The number of piperazine rings is 1. The number of carboxylic acids is 1. The molecular formula is C36H45Cl2N5O4. The first kappa shape index (κ1) is 33.8. The summed E-state index contributed by atoms with van der Waals surface area (Å²) in [5, 5.41) is 10.8. The van der Waals surface area contributed by atoms with Crippen LogP contribution in [0.15, 0.2) is 42.5 Å². The lowest BCUT2D eigenvalue weighted by Crippen LogP contribution is -2.48. The molecule has 2 saturated carbocycles. The Morgan fingerprint density at radius 3 is 2.49 bits per heavy atom. The molecule has 3 N–H and O–H groups in total. The summed E-state index contributed by atoms with van der Waals surface area (Å²) in [4.78, 5) is 26.5. The van der Waals surface area contributed by atoms with Gasteiger partial charge in [-0.2, -0.15) is 4.98 Å². The van der Waals surface area contributed by atoms with Crippen molar-refractivity contribution in [2.45, 2.75) is 65.6 Å². The third kappa shape index (κ3) is 5.73. The number of anilines is 2. The minimum atomic E-state index is -0.675. The number of hydrogen-bond acceptors (Lipinski definition) is 8. The van der Waals surface area contributed by atoms with E-state index >= 15 is 0 Å². The van der Waals surface area contributed by atoms with Gasteiger partial charge in [0.05, 0.1) is 23.8 Å². The minimum Gasteiger partial charge on any atom is -0.489 e. The van der Waals surface area contributed by atoms with Crippen LogP contribution in [0.1, 0.15) is 56.7 Å². The molecular weight excluding hydrogens is 637 g/mol. The second-order valence-electron chi connectivity index (χ2n) is 14.3. The number of nitrogen functional groups attached to an aromatic ring is 1. The molecule has 3 atom stereocenters. The number of nitrogens with two attached hydrogens (primary N) is 1. The van der Waals surface area contributed by atoms with Crippen molar-refractivity contribution in [3.63, 3.8) is 0 Å². The topological polar surface area (TPSA) is 114 Å². The van der Waals surface area contributed by atoms with Gasteiger partial charge in [0.1, 0.15) is 18.2 Å². The third-order valence-electron chi connectivity index (χ3n) is 12.0. The van der Waals surface area contributed by atoms with Crippen LogP contribution in [-0.2, 0) is 29.0 Å². The predicted molar refractivity (Wildman–Crippen MR) is 187 cm³/mol. The SMILES string of the molecule is CC12CCC(C(=O)O)(CC1OCCN1CCN(c3nc(N)nc4c3CCc3cc(OCc5ccc(Cl)cc5)ccc3-4)CC1)C2(C)C.Cl. The van der Waals surface area contributed by atoms with E-state index in [4.69, 9.17) is 36.8 Å². The van der Waals surface area contributed by atoms with Crippen LogP contribution in [0.3, 0.4) is 0 Å². The van der Waals surface area contributed by atoms with Gasteiger partial charge in [-0.1, -0.05) is 44.5 Å². The van der Waals surface area contributed by atoms with E-state index < -0.39 is 11.4 Å². The van der Waals surface area contributed by atoms with Crippen LogP contribution in [-0.4, -0.2) is 71.4 Å². The van der Waals surface area contributed by atoms with Gasteiger partial charge in [-0.15, -0.1) is 12.4 Å². The normalized spacial score (nSPS) is 26.0. The highest BCUT2D eigenvalue weighted by Crippen LogP contribution is 2.72. The van der Waals surface area contributed by atoms with Gasteiger partial charge in [-0.05, 0) is 79.0 Å². The Morgan fingerprint density at radius 1 is 1.04 bits per heavy atom. The zero-order chi connectivity index (χ0) is 32.3. The number of benzene rings is 2. The molecule has 9 nitrogen and oxygen atoms in total. The Kier molecular flexibility index (Phi) is 9.15. The minimum absolute atomic E-state index is 0. The fourth-order valence-corrected chi connectivity index (χ4v) is 8.75. The van der Waals surface area contributed by atoms with E-state index in [1.807, 2.05) is 30.3 Å². The summed E-state index contributed by atoms with van der Waals surface area (Å²) in [5.41, 5.74) is 10.7. The largest absolute Gasteiger partial charge is 0.489 e. The number of aliphatic carboxylic acids is 1. The van der Waals surface area contributed by atoms with Gasteiger partial charge in [0.15, 0.2) is 0 Å².